The van der Waals surface area contributed by atoms with Crippen molar-refractivity contribution in [3.05, 3.63) is 60.8 Å². The zero-order chi connectivity index (χ0) is 35.0. The molecule has 0 aromatic rings. The average molecular weight is 684 g/mol. The summed E-state index contributed by atoms with van der Waals surface area (Å²) >= 11 is 0. The van der Waals surface area contributed by atoms with Gasteiger partial charge < -0.3 is 25.2 Å². The van der Waals surface area contributed by atoms with Crippen molar-refractivity contribution in [2.45, 2.75) is 122 Å². The predicted molar refractivity (Wildman–Crippen MR) is 184 cm³/mol. The second kappa shape index (κ2) is 30.5. The molecular weight excluding hydrogens is 625 g/mol. The molecule has 268 valence electrons. The van der Waals surface area contributed by atoms with E-state index in [2.05, 4.69) is 67.0 Å². The van der Waals surface area contributed by atoms with Gasteiger partial charge in [0.15, 0.2) is 6.10 Å². The standard InChI is InChI=1S/C35H58NO10P/c1-3-5-7-9-11-12-13-14-15-16-17-18-19-20-21-23-25-27-34(38)46-31(28-43-33(37)26-24-22-10-8-6-4-2)29-44-47(41,42)45-30-32(36)35(39)40/h5,7,11-12,14-15,17-18,20-21,31-32H,3-4,6,8-10,13,16,19,22-30,36H2,1-2H3,(H,39,40)(H,41,42)/b7-5-,12-11-,15-14-,18-17-,21-20-. The van der Waals surface area contributed by atoms with Crippen LogP contribution in [0.4, 0.5) is 0 Å². The molecule has 11 nitrogen and oxygen atoms in total. The van der Waals surface area contributed by atoms with Crippen LogP contribution in [-0.4, -0.2) is 59.9 Å². The van der Waals surface area contributed by atoms with Crippen molar-refractivity contribution in [3.63, 3.8) is 0 Å². The third-order valence-electron chi connectivity index (χ3n) is 6.53. The molecule has 0 fully saturated rings. The van der Waals surface area contributed by atoms with Crippen molar-refractivity contribution in [2.24, 2.45) is 5.73 Å². The summed E-state index contributed by atoms with van der Waals surface area (Å²) in [5.74, 6) is -2.48. The van der Waals surface area contributed by atoms with Gasteiger partial charge in [0.25, 0.3) is 0 Å². The molecule has 4 N–H and O–H groups in total. The van der Waals surface area contributed by atoms with Gasteiger partial charge in [-0.1, -0.05) is 107 Å². The van der Waals surface area contributed by atoms with Crippen LogP contribution in [0.1, 0.15) is 110 Å². The number of carbonyl (C=O) groups excluding carboxylic acids is 2. The first-order valence-electron chi connectivity index (χ1n) is 16.8. The lowest BCUT2D eigenvalue weighted by atomic mass is 10.1. The highest BCUT2D eigenvalue weighted by Gasteiger charge is 2.28. The molecule has 0 rings (SSSR count). The quantitative estimate of drug-likeness (QED) is 0.0294. The molecule has 3 atom stereocenters. The van der Waals surface area contributed by atoms with Crippen LogP contribution in [0.15, 0.2) is 60.8 Å². The molecule has 12 heteroatoms. The van der Waals surface area contributed by atoms with Gasteiger partial charge in [-0.15, -0.1) is 0 Å². The van der Waals surface area contributed by atoms with E-state index in [1.165, 1.54) is 0 Å². The minimum Gasteiger partial charge on any atom is -0.480 e. The number of unbranched alkanes of at least 4 members (excludes halogenated alkanes) is 6. The Balaban J connectivity index is 4.56. The first-order valence-corrected chi connectivity index (χ1v) is 18.3. The zero-order valence-electron chi connectivity index (χ0n) is 28.3. The minimum atomic E-state index is -4.72. The summed E-state index contributed by atoms with van der Waals surface area (Å²) in [6.07, 6.45) is 32.0. The maximum atomic E-state index is 12.5. The summed E-state index contributed by atoms with van der Waals surface area (Å²) in [5, 5.41) is 8.81. The van der Waals surface area contributed by atoms with Gasteiger partial charge in [-0.2, -0.15) is 0 Å². The topological polar surface area (TPSA) is 172 Å². The predicted octanol–water partition coefficient (Wildman–Crippen LogP) is 7.66. The van der Waals surface area contributed by atoms with Crippen molar-refractivity contribution in [1.29, 1.82) is 0 Å². The second-order valence-electron chi connectivity index (χ2n) is 10.9. The fourth-order valence-corrected chi connectivity index (χ4v) is 4.64. The number of esters is 2. The first-order chi connectivity index (χ1) is 22.6. The van der Waals surface area contributed by atoms with Gasteiger partial charge in [0.05, 0.1) is 13.2 Å². The van der Waals surface area contributed by atoms with E-state index in [4.69, 9.17) is 24.8 Å². The van der Waals surface area contributed by atoms with Crippen LogP contribution < -0.4 is 5.73 Å². The Morgan fingerprint density at radius 3 is 1.77 bits per heavy atom. The van der Waals surface area contributed by atoms with Crippen LogP contribution in [-0.2, 0) is 37.5 Å². The third kappa shape index (κ3) is 30.3. The number of nitrogens with two attached hydrogens (primary N) is 1. The summed E-state index contributed by atoms with van der Waals surface area (Å²) in [6.45, 7) is 2.50. The lowest BCUT2D eigenvalue weighted by Gasteiger charge is -2.20. The number of allylic oxidation sites excluding steroid dienone is 10. The van der Waals surface area contributed by atoms with Gasteiger partial charge in [-0.3, -0.25) is 23.4 Å². The summed E-state index contributed by atoms with van der Waals surface area (Å²) < 4.78 is 32.2. The van der Waals surface area contributed by atoms with E-state index >= 15 is 0 Å². The van der Waals surface area contributed by atoms with Gasteiger partial charge in [-0.05, 0) is 51.4 Å². The van der Waals surface area contributed by atoms with Crippen molar-refractivity contribution in [3.8, 4) is 0 Å². The number of carboxylic acids is 1. The number of hydrogen-bond acceptors (Lipinski definition) is 9. The summed E-state index contributed by atoms with van der Waals surface area (Å²) in [4.78, 5) is 45.3. The molecular formula is C35H58NO10P. The van der Waals surface area contributed by atoms with Crippen molar-refractivity contribution < 1.29 is 47.5 Å². The molecule has 0 aliphatic carbocycles. The number of hydrogen-bond donors (Lipinski definition) is 3. The van der Waals surface area contributed by atoms with Crippen LogP contribution >= 0.6 is 7.82 Å². The Labute approximate surface area is 281 Å². The van der Waals surface area contributed by atoms with Crippen LogP contribution in [0.25, 0.3) is 0 Å². The van der Waals surface area contributed by atoms with E-state index in [9.17, 15) is 23.8 Å². The van der Waals surface area contributed by atoms with Crippen molar-refractivity contribution in [1.82, 2.24) is 0 Å². The van der Waals surface area contributed by atoms with E-state index in [1.54, 1.807) is 0 Å². The lowest BCUT2D eigenvalue weighted by Crippen LogP contribution is -2.34. The lowest BCUT2D eigenvalue weighted by molar-refractivity contribution is -0.161. The molecule has 0 spiro atoms. The fraction of sp³-hybridized carbons (Fsp3) is 0.629. The van der Waals surface area contributed by atoms with Gasteiger partial charge in [0.2, 0.25) is 0 Å². The monoisotopic (exact) mass is 683 g/mol. The van der Waals surface area contributed by atoms with Crippen molar-refractivity contribution in [2.75, 3.05) is 19.8 Å². The maximum Gasteiger partial charge on any atom is 0.472 e. The minimum absolute atomic E-state index is 0.0806. The molecule has 0 aliphatic heterocycles. The van der Waals surface area contributed by atoms with E-state index < -0.39 is 51.1 Å². The Hall–Kier alpha value is -2.82. The third-order valence-corrected chi connectivity index (χ3v) is 7.48. The highest BCUT2D eigenvalue weighted by atomic mass is 31.2. The van der Waals surface area contributed by atoms with Crippen LogP contribution in [0, 0.1) is 0 Å². The SMILES string of the molecule is CC/C=C\C/C=C\C/C=C\C/C=C\C/C=C\CCCC(=O)OC(COC(=O)CCCCCCCC)COP(=O)(O)OCC(N)C(=O)O. The van der Waals surface area contributed by atoms with Gasteiger partial charge in [-0.25, -0.2) is 4.57 Å². The molecule has 0 saturated heterocycles. The zero-order valence-corrected chi connectivity index (χ0v) is 29.2. The fourth-order valence-electron chi connectivity index (χ4n) is 3.86. The number of aliphatic carboxylic acids is 1. The van der Waals surface area contributed by atoms with Gasteiger partial charge >= 0.3 is 25.7 Å². The normalized spacial score (nSPS) is 14.8. The molecule has 0 radical (unpaired) electrons. The van der Waals surface area contributed by atoms with E-state index in [1.807, 2.05) is 12.2 Å². The molecule has 0 aliphatic rings. The smallest absolute Gasteiger partial charge is 0.472 e. The molecule has 3 unspecified atom stereocenters. The number of carbonyl (C=O) groups is 3. The largest absolute Gasteiger partial charge is 0.480 e. The number of phosphoric ester groups is 1. The molecule has 0 amide bonds. The number of phosphoric acid groups is 1. The second-order valence-corrected chi connectivity index (χ2v) is 12.4. The van der Waals surface area contributed by atoms with E-state index in [0.29, 0.717) is 19.3 Å². The number of ether oxygens (including phenoxy) is 2. The van der Waals surface area contributed by atoms with Gasteiger partial charge in [0, 0.05) is 12.8 Å². The highest BCUT2D eigenvalue weighted by molar-refractivity contribution is 7.47. The number of rotatable bonds is 30. The van der Waals surface area contributed by atoms with E-state index in [-0.39, 0.29) is 19.4 Å². The average Bonchev–Trinajstić information content (AvgIpc) is 3.04. The molecule has 0 bridgehead atoms. The Kier molecular flexibility index (Phi) is 28.7. The van der Waals surface area contributed by atoms with Crippen LogP contribution in [0.3, 0.4) is 0 Å². The van der Waals surface area contributed by atoms with E-state index in [0.717, 1.165) is 64.2 Å². The molecule has 0 aromatic heterocycles. The Bertz CT molecular complexity index is 1040. The van der Waals surface area contributed by atoms with Crippen molar-refractivity contribution >= 4 is 25.7 Å². The maximum absolute atomic E-state index is 12.5. The summed E-state index contributed by atoms with van der Waals surface area (Å²) in [7, 11) is -4.72. The Morgan fingerprint density at radius 1 is 0.681 bits per heavy atom. The van der Waals surface area contributed by atoms with Gasteiger partial charge in [0.1, 0.15) is 12.6 Å². The van der Waals surface area contributed by atoms with Crippen LogP contribution in [0.5, 0.6) is 0 Å². The first kappa shape index (κ1) is 44.2. The molecule has 0 heterocycles. The summed E-state index contributed by atoms with van der Waals surface area (Å²) in [5.41, 5.74) is 5.28. The summed E-state index contributed by atoms with van der Waals surface area (Å²) in [6, 6.07) is -1.53. The highest BCUT2D eigenvalue weighted by Crippen LogP contribution is 2.43. The Morgan fingerprint density at radius 2 is 1.19 bits per heavy atom. The number of carboxylic acid groups (broad SMARTS) is 1. The van der Waals surface area contributed by atoms with Crippen LogP contribution in [0.2, 0.25) is 0 Å². The molecule has 47 heavy (non-hydrogen) atoms. The molecule has 0 saturated carbocycles. The molecule has 0 aromatic carbocycles.